The van der Waals surface area contributed by atoms with E-state index in [0.717, 1.165) is 4.57 Å². The Morgan fingerprint density at radius 3 is 2.57 bits per heavy atom. The molecular weight excluding hydrogens is 358 g/mol. The van der Waals surface area contributed by atoms with Crippen LogP contribution in [0.2, 0.25) is 0 Å². The summed E-state index contributed by atoms with van der Waals surface area (Å²) in [6.07, 6.45) is 1.54. The number of furan rings is 1. The van der Waals surface area contributed by atoms with Gasteiger partial charge in [-0.05, 0) is 49.4 Å². The Bertz CT molecular complexity index is 1250. The molecule has 7 heteroatoms. The number of carbonyl (C=O) groups excluding carboxylic acids is 1. The number of fused-ring (bicyclic) bond motifs is 1. The van der Waals surface area contributed by atoms with Gasteiger partial charge in [0.05, 0.1) is 28.9 Å². The maximum absolute atomic E-state index is 12.8. The van der Waals surface area contributed by atoms with E-state index < -0.39 is 11.2 Å². The second-order valence-electron chi connectivity index (χ2n) is 6.38. The lowest BCUT2D eigenvalue weighted by atomic mass is 10.1. The fourth-order valence-electron chi connectivity index (χ4n) is 3.06. The van der Waals surface area contributed by atoms with Crippen molar-refractivity contribution in [2.24, 2.45) is 0 Å². The van der Waals surface area contributed by atoms with Crippen LogP contribution < -0.4 is 16.6 Å². The number of hydrogen-bond donors (Lipinski definition) is 2. The molecule has 7 nitrogen and oxygen atoms in total. The minimum atomic E-state index is -0.565. The van der Waals surface area contributed by atoms with E-state index in [2.05, 4.69) is 10.3 Å². The smallest absolute Gasteiger partial charge is 0.333 e. The van der Waals surface area contributed by atoms with Gasteiger partial charge >= 0.3 is 5.69 Å². The molecule has 0 aliphatic carbocycles. The van der Waals surface area contributed by atoms with Crippen molar-refractivity contribution in [3.8, 4) is 5.69 Å². The number of rotatable bonds is 4. The average Bonchev–Trinajstić information content (AvgIpc) is 3.23. The molecule has 0 aliphatic heterocycles. The first-order valence-corrected chi connectivity index (χ1v) is 8.73. The Kier molecular flexibility index (Phi) is 4.41. The number of aromatic nitrogens is 2. The van der Waals surface area contributed by atoms with E-state index in [1.54, 1.807) is 61.5 Å². The van der Waals surface area contributed by atoms with Crippen LogP contribution in [0.1, 0.15) is 29.1 Å². The van der Waals surface area contributed by atoms with E-state index in [4.69, 9.17) is 4.42 Å². The topological polar surface area (TPSA) is 97.1 Å². The van der Waals surface area contributed by atoms with E-state index in [9.17, 15) is 14.4 Å². The van der Waals surface area contributed by atoms with Crippen LogP contribution in [0, 0.1) is 0 Å². The quantitative estimate of drug-likeness (QED) is 0.573. The summed E-state index contributed by atoms with van der Waals surface area (Å²) in [5, 5.41) is 3.14. The Hall–Kier alpha value is -3.87. The molecule has 1 amide bonds. The number of benzene rings is 2. The molecule has 2 heterocycles. The van der Waals surface area contributed by atoms with Gasteiger partial charge in [0.15, 0.2) is 0 Å². The molecule has 0 fully saturated rings. The molecule has 2 aromatic heterocycles. The van der Waals surface area contributed by atoms with Gasteiger partial charge in [-0.3, -0.25) is 9.59 Å². The van der Waals surface area contributed by atoms with Crippen molar-refractivity contribution in [3.05, 3.63) is 99.1 Å². The van der Waals surface area contributed by atoms with Gasteiger partial charge < -0.3 is 14.7 Å². The first-order valence-electron chi connectivity index (χ1n) is 8.73. The van der Waals surface area contributed by atoms with E-state index in [-0.39, 0.29) is 11.9 Å². The van der Waals surface area contributed by atoms with Crippen molar-refractivity contribution in [2.75, 3.05) is 0 Å². The van der Waals surface area contributed by atoms with Crippen molar-refractivity contribution in [1.82, 2.24) is 14.9 Å². The summed E-state index contributed by atoms with van der Waals surface area (Å²) in [7, 11) is 0. The lowest BCUT2D eigenvalue weighted by Gasteiger charge is -2.12. The summed E-state index contributed by atoms with van der Waals surface area (Å²) in [6.45, 7) is 1.80. The van der Waals surface area contributed by atoms with Crippen LogP contribution in [0.3, 0.4) is 0 Å². The SMILES string of the molecule is C[C@H](NC(=O)c1ccc2c(=O)n(-c3ccccc3)c(=O)[nH]c2c1)c1ccco1. The second kappa shape index (κ2) is 7.03. The molecule has 0 unspecified atom stereocenters. The first-order chi connectivity index (χ1) is 13.5. The Balaban J connectivity index is 1.71. The van der Waals surface area contributed by atoms with Crippen LogP contribution >= 0.6 is 0 Å². The van der Waals surface area contributed by atoms with E-state index >= 15 is 0 Å². The highest BCUT2D eigenvalue weighted by Gasteiger charge is 2.15. The first kappa shape index (κ1) is 17.5. The number of nitrogens with zero attached hydrogens (tertiary/aromatic N) is 1. The highest BCUT2D eigenvalue weighted by molar-refractivity contribution is 5.97. The van der Waals surface area contributed by atoms with Gasteiger partial charge in [-0.25, -0.2) is 9.36 Å². The van der Waals surface area contributed by atoms with Gasteiger partial charge in [0.1, 0.15) is 5.76 Å². The molecule has 4 aromatic rings. The predicted molar refractivity (Wildman–Crippen MR) is 105 cm³/mol. The number of carbonyl (C=O) groups is 1. The van der Waals surface area contributed by atoms with Gasteiger partial charge in [-0.15, -0.1) is 0 Å². The highest BCUT2D eigenvalue weighted by Crippen LogP contribution is 2.15. The highest BCUT2D eigenvalue weighted by atomic mass is 16.3. The van der Waals surface area contributed by atoms with Gasteiger partial charge in [0.2, 0.25) is 0 Å². The summed E-state index contributed by atoms with van der Waals surface area (Å²) < 4.78 is 6.35. The lowest BCUT2D eigenvalue weighted by Crippen LogP contribution is -2.33. The molecule has 0 spiro atoms. The molecule has 2 N–H and O–H groups in total. The summed E-state index contributed by atoms with van der Waals surface area (Å²) in [4.78, 5) is 40.5. The number of hydrogen-bond acceptors (Lipinski definition) is 4. The number of aromatic amines is 1. The van der Waals surface area contributed by atoms with Crippen LogP contribution in [0.5, 0.6) is 0 Å². The minimum absolute atomic E-state index is 0.306. The van der Waals surface area contributed by atoms with Crippen molar-refractivity contribution >= 4 is 16.8 Å². The van der Waals surface area contributed by atoms with Gasteiger partial charge in [0, 0.05) is 5.56 Å². The predicted octanol–water partition coefficient (Wildman–Crippen LogP) is 2.76. The average molecular weight is 375 g/mol. The number of para-hydroxylation sites is 1. The van der Waals surface area contributed by atoms with E-state index in [1.165, 1.54) is 12.3 Å². The molecule has 2 aromatic carbocycles. The maximum Gasteiger partial charge on any atom is 0.333 e. The van der Waals surface area contributed by atoms with Crippen LogP contribution in [0.25, 0.3) is 16.6 Å². The fourth-order valence-corrected chi connectivity index (χ4v) is 3.06. The third kappa shape index (κ3) is 3.14. The summed E-state index contributed by atoms with van der Waals surface area (Å²) in [5.74, 6) is 0.298. The summed E-state index contributed by atoms with van der Waals surface area (Å²) >= 11 is 0. The summed E-state index contributed by atoms with van der Waals surface area (Å²) in [6, 6.07) is 16.5. The molecule has 0 radical (unpaired) electrons. The second-order valence-corrected chi connectivity index (χ2v) is 6.38. The fraction of sp³-hybridized carbons (Fsp3) is 0.0952. The monoisotopic (exact) mass is 375 g/mol. The van der Waals surface area contributed by atoms with Crippen LogP contribution in [0.15, 0.2) is 80.9 Å². The van der Waals surface area contributed by atoms with Gasteiger partial charge in [0.25, 0.3) is 11.5 Å². The molecule has 0 saturated carbocycles. The largest absolute Gasteiger partial charge is 0.467 e. The number of nitrogens with one attached hydrogen (secondary N) is 2. The van der Waals surface area contributed by atoms with Crippen molar-refractivity contribution in [3.63, 3.8) is 0 Å². The van der Waals surface area contributed by atoms with Crippen LogP contribution in [-0.4, -0.2) is 15.5 Å². The zero-order valence-electron chi connectivity index (χ0n) is 15.0. The third-order valence-corrected chi connectivity index (χ3v) is 4.49. The molecule has 140 valence electrons. The maximum atomic E-state index is 12.8. The van der Waals surface area contributed by atoms with Gasteiger partial charge in [-0.1, -0.05) is 18.2 Å². The standard InChI is InChI=1S/C21H17N3O4/c1-13(18-8-5-11-28-18)22-19(25)14-9-10-16-17(12-14)23-21(27)24(20(16)26)15-6-3-2-4-7-15/h2-13H,1H3,(H,22,25)(H,23,27)/t13-/m0/s1. The van der Waals surface area contributed by atoms with Crippen molar-refractivity contribution < 1.29 is 9.21 Å². The van der Waals surface area contributed by atoms with Crippen LogP contribution in [0.4, 0.5) is 0 Å². The third-order valence-electron chi connectivity index (χ3n) is 4.49. The zero-order chi connectivity index (χ0) is 19.7. The molecule has 28 heavy (non-hydrogen) atoms. The molecule has 0 bridgehead atoms. The van der Waals surface area contributed by atoms with Crippen molar-refractivity contribution in [1.29, 1.82) is 0 Å². The normalized spacial score (nSPS) is 12.0. The van der Waals surface area contributed by atoms with Crippen molar-refractivity contribution in [2.45, 2.75) is 13.0 Å². The molecule has 0 saturated heterocycles. The van der Waals surface area contributed by atoms with E-state index in [0.29, 0.717) is 27.9 Å². The summed E-state index contributed by atoms with van der Waals surface area (Å²) in [5.41, 5.74) is 0.106. The van der Waals surface area contributed by atoms with Crippen LogP contribution in [-0.2, 0) is 0 Å². The Morgan fingerprint density at radius 1 is 1.07 bits per heavy atom. The molecule has 0 aliphatic rings. The minimum Gasteiger partial charge on any atom is -0.467 e. The molecule has 1 atom stereocenters. The lowest BCUT2D eigenvalue weighted by molar-refractivity contribution is 0.0935. The zero-order valence-corrected chi connectivity index (χ0v) is 15.0. The molecular formula is C21H17N3O4. The Labute approximate surface area is 159 Å². The molecule has 4 rings (SSSR count). The Morgan fingerprint density at radius 2 is 1.86 bits per heavy atom. The number of H-pyrrole nitrogens is 1. The van der Waals surface area contributed by atoms with Gasteiger partial charge in [-0.2, -0.15) is 0 Å². The van der Waals surface area contributed by atoms with E-state index in [1.807, 2.05) is 0 Å². The number of amides is 1.